The number of aromatic nitrogens is 1. The van der Waals surface area contributed by atoms with Gasteiger partial charge in [0.25, 0.3) is 5.91 Å². The minimum atomic E-state index is -0.653. The summed E-state index contributed by atoms with van der Waals surface area (Å²) in [6.45, 7) is 8.94. The van der Waals surface area contributed by atoms with Crippen LogP contribution in [0.1, 0.15) is 50.8 Å². The Balaban J connectivity index is 1.55. The van der Waals surface area contributed by atoms with Crippen molar-refractivity contribution in [2.24, 2.45) is 0 Å². The van der Waals surface area contributed by atoms with E-state index in [9.17, 15) is 9.59 Å². The quantitative estimate of drug-likeness (QED) is 0.103. The summed E-state index contributed by atoms with van der Waals surface area (Å²) in [6, 6.07) is 13.6. The minimum Gasteiger partial charge on any atom is -0.479 e. The lowest BCUT2D eigenvalue weighted by molar-refractivity contribution is -0.163. The van der Waals surface area contributed by atoms with Crippen molar-refractivity contribution >= 4 is 28.9 Å². The molecule has 3 aromatic rings. The van der Waals surface area contributed by atoms with Gasteiger partial charge in [0.05, 0.1) is 0 Å². The highest BCUT2D eigenvalue weighted by Gasteiger charge is 2.25. The molecule has 0 aliphatic heterocycles. The number of esters is 1. The molecule has 0 aliphatic carbocycles. The van der Waals surface area contributed by atoms with E-state index in [2.05, 4.69) is 10.3 Å². The number of hydrogen-bond donors (Lipinski definition) is 4. The number of amides is 1. The van der Waals surface area contributed by atoms with Gasteiger partial charge in [0.15, 0.2) is 6.10 Å². The number of hydrogen-bond acceptors (Lipinski definition) is 6. The van der Waals surface area contributed by atoms with Gasteiger partial charge in [-0.2, -0.15) is 0 Å². The van der Waals surface area contributed by atoms with Gasteiger partial charge < -0.3 is 19.8 Å². The topological polar surface area (TPSA) is 113 Å². The number of carbonyl (C=O) groups is 2. The normalized spacial score (nSPS) is 12.6. The molecule has 8 nitrogen and oxygen atoms in total. The molecule has 1 heterocycles. The Kier molecular flexibility index (Phi) is 9.27. The van der Waals surface area contributed by atoms with E-state index >= 15 is 0 Å². The average Bonchev–Trinajstić information content (AvgIpc) is 3.25. The molecule has 0 radical (unpaired) electrons. The van der Waals surface area contributed by atoms with Crippen LogP contribution in [0.25, 0.3) is 17.0 Å². The van der Waals surface area contributed by atoms with Crippen LogP contribution >= 0.6 is 0 Å². The van der Waals surface area contributed by atoms with Crippen molar-refractivity contribution in [3.63, 3.8) is 0 Å². The van der Waals surface area contributed by atoms with Gasteiger partial charge in [-0.1, -0.05) is 31.2 Å². The first-order valence-electron chi connectivity index (χ1n) is 12.1. The monoisotopic (exact) mass is 493 g/mol. The maximum absolute atomic E-state index is 12.5. The van der Waals surface area contributed by atoms with E-state index in [1.807, 2.05) is 76.4 Å². The Morgan fingerprint density at radius 3 is 2.56 bits per heavy atom. The molecule has 2 aromatic carbocycles. The Morgan fingerprint density at radius 1 is 1.14 bits per heavy atom. The van der Waals surface area contributed by atoms with E-state index in [1.54, 1.807) is 11.6 Å². The highest BCUT2D eigenvalue weighted by atomic mass is 16.6. The zero-order valence-corrected chi connectivity index (χ0v) is 21.3. The number of rotatable bonds is 11. The van der Waals surface area contributed by atoms with Gasteiger partial charge in [0, 0.05) is 29.7 Å². The molecule has 0 bridgehead atoms. The molecule has 36 heavy (non-hydrogen) atoms. The van der Waals surface area contributed by atoms with Crippen LogP contribution in [-0.2, 0) is 27.3 Å². The Hall–Kier alpha value is -3.62. The van der Waals surface area contributed by atoms with Gasteiger partial charge in [-0.05, 0) is 81.1 Å². The van der Waals surface area contributed by atoms with Crippen LogP contribution in [0, 0.1) is 0 Å². The SMILES string of the molecule is CC[C@H](Oc1ccc2[nH]cc(CCNCc3ccc(C=CC(=O)NO)cc3)c2c1)C(=O)OC(C)(C)C. The molecule has 0 saturated heterocycles. The molecule has 0 unspecified atom stereocenters. The molecule has 1 atom stereocenters. The molecule has 3 rings (SSSR count). The number of fused-ring (bicyclic) bond motifs is 1. The maximum atomic E-state index is 12.5. The Labute approximate surface area is 211 Å². The number of hydroxylamine groups is 1. The smallest absolute Gasteiger partial charge is 0.347 e. The molecule has 1 aromatic heterocycles. The van der Waals surface area contributed by atoms with Gasteiger partial charge >= 0.3 is 5.97 Å². The fraction of sp³-hybridized carbons (Fsp3) is 0.357. The molecule has 1 amide bonds. The summed E-state index contributed by atoms with van der Waals surface area (Å²) in [5.74, 6) is -0.284. The van der Waals surface area contributed by atoms with Gasteiger partial charge in [0.1, 0.15) is 11.4 Å². The van der Waals surface area contributed by atoms with Gasteiger partial charge in [-0.3, -0.25) is 10.0 Å². The number of carbonyl (C=O) groups excluding carboxylic acids is 2. The number of H-pyrrole nitrogens is 1. The molecule has 192 valence electrons. The van der Waals surface area contributed by atoms with E-state index in [-0.39, 0.29) is 5.97 Å². The van der Waals surface area contributed by atoms with Crippen molar-refractivity contribution in [2.75, 3.05) is 6.54 Å². The van der Waals surface area contributed by atoms with Crippen molar-refractivity contribution in [3.8, 4) is 5.75 Å². The van der Waals surface area contributed by atoms with Crippen LogP contribution in [0.15, 0.2) is 54.7 Å². The minimum absolute atomic E-state index is 0.358. The summed E-state index contributed by atoms with van der Waals surface area (Å²) in [7, 11) is 0. The van der Waals surface area contributed by atoms with Crippen LogP contribution in [0.4, 0.5) is 0 Å². The van der Waals surface area contributed by atoms with Crippen molar-refractivity contribution in [1.82, 2.24) is 15.8 Å². The van der Waals surface area contributed by atoms with Crippen molar-refractivity contribution < 1.29 is 24.3 Å². The van der Waals surface area contributed by atoms with Crippen molar-refractivity contribution in [1.29, 1.82) is 0 Å². The van der Waals surface area contributed by atoms with Gasteiger partial charge in [0.2, 0.25) is 0 Å². The number of benzene rings is 2. The van der Waals surface area contributed by atoms with Crippen LogP contribution in [0.2, 0.25) is 0 Å². The van der Waals surface area contributed by atoms with E-state index in [4.69, 9.17) is 14.7 Å². The zero-order valence-electron chi connectivity index (χ0n) is 21.3. The average molecular weight is 494 g/mol. The highest BCUT2D eigenvalue weighted by Crippen LogP contribution is 2.25. The summed E-state index contributed by atoms with van der Waals surface area (Å²) in [5, 5.41) is 13.1. The van der Waals surface area contributed by atoms with Gasteiger partial charge in [-0.25, -0.2) is 10.3 Å². The third kappa shape index (κ3) is 7.96. The summed E-state index contributed by atoms with van der Waals surface area (Å²) in [4.78, 5) is 26.8. The lowest BCUT2D eigenvalue weighted by atomic mass is 10.1. The highest BCUT2D eigenvalue weighted by molar-refractivity contribution is 5.90. The maximum Gasteiger partial charge on any atom is 0.347 e. The predicted molar refractivity (Wildman–Crippen MR) is 140 cm³/mol. The molecule has 0 fully saturated rings. The zero-order chi connectivity index (χ0) is 26.1. The molecule has 0 saturated carbocycles. The molecule has 0 spiro atoms. The molecular formula is C28H35N3O5. The van der Waals surface area contributed by atoms with E-state index in [1.165, 1.54) is 6.08 Å². The third-order valence-electron chi connectivity index (χ3n) is 5.47. The van der Waals surface area contributed by atoms with Crippen molar-refractivity contribution in [3.05, 3.63) is 71.4 Å². The Bertz CT molecular complexity index is 1190. The van der Waals surface area contributed by atoms with E-state index in [0.29, 0.717) is 18.7 Å². The van der Waals surface area contributed by atoms with E-state index in [0.717, 1.165) is 40.6 Å². The van der Waals surface area contributed by atoms with Crippen LogP contribution in [0.3, 0.4) is 0 Å². The largest absolute Gasteiger partial charge is 0.479 e. The second kappa shape index (κ2) is 12.4. The summed E-state index contributed by atoms with van der Waals surface area (Å²) in [6.07, 6.45) is 5.60. The first-order valence-corrected chi connectivity index (χ1v) is 12.1. The number of aromatic amines is 1. The Morgan fingerprint density at radius 2 is 1.89 bits per heavy atom. The van der Waals surface area contributed by atoms with Crippen molar-refractivity contribution in [2.45, 2.75) is 58.8 Å². The van der Waals surface area contributed by atoms with Gasteiger partial charge in [-0.15, -0.1) is 0 Å². The molecule has 8 heteroatoms. The van der Waals surface area contributed by atoms with Crippen LogP contribution in [-0.4, -0.2) is 40.3 Å². The standard InChI is InChI=1S/C28H35N3O5/c1-5-25(27(33)36-28(2,3)4)35-22-11-12-24-23(16-22)21(18-30-24)14-15-29-17-20-8-6-19(7-9-20)10-13-26(32)31-34/h6-13,16,18,25,29-30,34H,5,14-15,17H2,1-4H3,(H,31,32)/t25-/m0/s1. The lowest BCUT2D eigenvalue weighted by Gasteiger charge is -2.24. The second-order valence-corrected chi connectivity index (χ2v) is 9.55. The first kappa shape index (κ1) is 27.0. The summed E-state index contributed by atoms with van der Waals surface area (Å²) >= 11 is 0. The second-order valence-electron chi connectivity index (χ2n) is 9.55. The summed E-state index contributed by atoms with van der Waals surface area (Å²) < 4.78 is 11.5. The van der Waals surface area contributed by atoms with E-state index < -0.39 is 17.6 Å². The number of ether oxygens (including phenoxy) is 2. The fourth-order valence-electron chi connectivity index (χ4n) is 3.68. The fourth-order valence-corrected chi connectivity index (χ4v) is 3.68. The predicted octanol–water partition coefficient (Wildman–Crippen LogP) is 4.52. The van der Waals surface area contributed by atoms with Crippen LogP contribution in [0.5, 0.6) is 5.75 Å². The molecule has 0 aliphatic rings. The summed E-state index contributed by atoms with van der Waals surface area (Å²) in [5.41, 5.74) is 5.18. The lowest BCUT2D eigenvalue weighted by Crippen LogP contribution is -2.34. The third-order valence-corrected chi connectivity index (χ3v) is 5.47. The molecular weight excluding hydrogens is 458 g/mol. The first-order chi connectivity index (χ1) is 17.2. The molecule has 4 N–H and O–H groups in total. The number of nitrogens with one attached hydrogen (secondary N) is 3. The van der Waals surface area contributed by atoms with Crippen LogP contribution < -0.4 is 15.5 Å².